The molecule has 1 saturated heterocycles. The summed E-state index contributed by atoms with van der Waals surface area (Å²) in [7, 11) is 1.71. The van der Waals surface area contributed by atoms with Gasteiger partial charge in [0.1, 0.15) is 5.75 Å². The Balaban J connectivity index is 1.98. The number of hydrogen-bond donors (Lipinski definition) is 0. The van der Waals surface area contributed by atoms with Crippen LogP contribution in [-0.2, 0) is 0 Å². The summed E-state index contributed by atoms with van der Waals surface area (Å²) in [4.78, 5) is 19.8. The van der Waals surface area contributed by atoms with E-state index in [1.54, 1.807) is 7.11 Å². The Hall–Kier alpha value is -2.63. The second kappa shape index (κ2) is 11.5. The number of rotatable bonds is 9. The van der Waals surface area contributed by atoms with Crippen LogP contribution in [0.15, 0.2) is 61.2 Å². The number of nitrogens with zero attached hydrogens (tertiary/aromatic N) is 3. The Bertz CT molecular complexity index is 923. The minimum Gasteiger partial charge on any atom is -0.497 e. The third kappa shape index (κ3) is 5.66. The zero-order chi connectivity index (χ0) is 24.0. The van der Waals surface area contributed by atoms with E-state index in [9.17, 15) is 4.79 Å². The zero-order valence-electron chi connectivity index (χ0n) is 20.8. The lowest BCUT2D eigenvalue weighted by atomic mass is 9.92. The van der Waals surface area contributed by atoms with Crippen LogP contribution in [0.4, 0.5) is 0 Å². The lowest BCUT2D eigenvalue weighted by Gasteiger charge is -2.47. The lowest BCUT2D eigenvalue weighted by molar-refractivity contribution is 0.0306. The van der Waals surface area contributed by atoms with Crippen LogP contribution in [0.5, 0.6) is 5.75 Å². The predicted molar refractivity (Wildman–Crippen MR) is 136 cm³/mol. The molecule has 0 aliphatic carbocycles. The molecule has 178 valence electrons. The molecule has 0 radical (unpaired) electrons. The summed E-state index contributed by atoms with van der Waals surface area (Å²) in [6.45, 7) is 16.8. The van der Waals surface area contributed by atoms with Gasteiger partial charge in [-0.05, 0) is 63.1 Å². The number of piperazine rings is 1. The maximum Gasteiger partial charge on any atom is 0.253 e. The molecule has 5 heteroatoms. The molecule has 1 unspecified atom stereocenters. The van der Waals surface area contributed by atoms with Gasteiger partial charge in [0.25, 0.3) is 5.91 Å². The molecule has 0 spiro atoms. The van der Waals surface area contributed by atoms with Crippen molar-refractivity contribution in [3.63, 3.8) is 0 Å². The van der Waals surface area contributed by atoms with Gasteiger partial charge in [-0.25, -0.2) is 0 Å². The Morgan fingerprint density at radius 1 is 1.09 bits per heavy atom. The van der Waals surface area contributed by atoms with E-state index in [2.05, 4.69) is 60.6 Å². The molecular formula is C28H39N3O2. The van der Waals surface area contributed by atoms with Crippen LogP contribution in [0.3, 0.4) is 0 Å². The molecule has 0 bridgehead atoms. The Morgan fingerprint density at radius 2 is 1.79 bits per heavy atom. The average Bonchev–Trinajstić information content (AvgIpc) is 2.83. The molecule has 2 aromatic carbocycles. The van der Waals surface area contributed by atoms with Gasteiger partial charge in [0.15, 0.2) is 0 Å². The van der Waals surface area contributed by atoms with E-state index < -0.39 is 0 Å². The molecule has 1 fully saturated rings. The monoisotopic (exact) mass is 449 g/mol. The van der Waals surface area contributed by atoms with Crippen LogP contribution in [0, 0.1) is 0 Å². The number of carbonyl (C=O) groups excluding carboxylic acids is 1. The third-order valence-corrected chi connectivity index (χ3v) is 6.79. The van der Waals surface area contributed by atoms with Gasteiger partial charge in [0.05, 0.1) is 13.2 Å². The van der Waals surface area contributed by atoms with E-state index in [4.69, 9.17) is 4.74 Å². The number of hydrogen-bond acceptors (Lipinski definition) is 4. The molecule has 0 aromatic heterocycles. The summed E-state index contributed by atoms with van der Waals surface area (Å²) in [6.07, 6.45) is 1.99. The second-order valence-electron chi connectivity index (χ2n) is 8.92. The molecule has 3 atom stereocenters. The molecule has 1 aliphatic rings. The average molecular weight is 450 g/mol. The summed E-state index contributed by atoms with van der Waals surface area (Å²) in [5, 5.41) is 0. The molecule has 1 amide bonds. The van der Waals surface area contributed by atoms with Crippen molar-refractivity contribution >= 4 is 5.91 Å². The number of carbonyl (C=O) groups is 1. The van der Waals surface area contributed by atoms with Gasteiger partial charge in [0.2, 0.25) is 0 Å². The molecular weight excluding hydrogens is 410 g/mol. The lowest BCUT2D eigenvalue weighted by Crippen LogP contribution is -2.57. The van der Waals surface area contributed by atoms with Crippen molar-refractivity contribution in [1.82, 2.24) is 14.7 Å². The fourth-order valence-electron chi connectivity index (χ4n) is 4.89. The van der Waals surface area contributed by atoms with Crippen LogP contribution in [-0.4, -0.2) is 72.5 Å². The molecule has 5 nitrogen and oxygen atoms in total. The quantitative estimate of drug-likeness (QED) is 0.513. The van der Waals surface area contributed by atoms with Gasteiger partial charge >= 0.3 is 0 Å². The van der Waals surface area contributed by atoms with Crippen LogP contribution in [0.1, 0.15) is 55.2 Å². The topological polar surface area (TPSA) is 36.0 Å². The highest BCUT2D eigenvalue weighted by molar-refractivity contribution is 5.94. The van der Waals surface area contributed by atoms with E-state index >= 15 is 0 Å². The summed E-state index contributed by atoms with van der Waals surface area (Å²) >= 11 is 0. The Kier molecular flexibility index (Phi) is 8.70. The Labute approximate surface area is 199 Å². The van der Waals surface area contributed by atoms with Crippen LogP contribution in [0.2, 0.25) is 0 Å². The first-order chi connectivity index (χ1) is 15.9. The standard InChI is InChI=1S/C28H39N3O2/c1-7-17-30-19-22(5)31(20-21(30)4)27(25-11-10-12-26(18-25)33-6)23-13-15-24(16-14-23)28(32)29(8-2)9-3/h7,10-16,18,21-22,27H,1,8-9,17,19-20H2,2-6H3/t21-,22-,27?/m1/s1. The molecule has 1 heterocycles. The third-order valence-electron chi connectivity index (χ3n) is 6.79. The molecule has 3 rings (SSSR count). The van der Waals surface area contributed by atoms with E-state index in [1.807, 2.05) is 43.0 Å². The van der Waals surface area contributed by atoms with Gasteiger partial charge < -0.3 is 9.64 Å². The van der Waals surface area contributed by atoms with Crippen molar-refractivity contribution in [3.8, 4) is 5.75 Å². The predicted octanol–water partition coefficient (Wildman–Crippen LogP) is 4.85. The van der Waals surface area contributed by atoms with Crippen LogP contribution in [0.25, 0.3) is 0 Å². The van der Waals surface area contributed by atoms with Crippen molar-refractivity contribution in [2.24, 2.45) is 0 Å². The van der Waals surface area contributed by atoms with Crippen molar-refractivity contribution in [3.05, 3.63) is 77.9 Å². The second-order valence-corrected chi connectivity index (χ2v) is 8.92. The highest BCUT2D eigenvalue weighted by atomic mass is 16.5. The fraction of sp³-hybridized carbons (Fsp3) is 0.464. The number of amides is 1. The smallest absolute Gasteiger partial charge is 0.253 e. The molecule has 0 saturated carbocycles. The van der Waals surface area contributed by atoms with E-state index in [0.717, 1.165) is 30.9 Å². The summed E-state index contributed by atoms with van der Waals surface area (Å²) < 4.78 is 5.54. The van der Waals surface area contributed by atoms with E-state index in [-0.39, 0.29) is 11.9 Å². The first-order valence-electron chi connectivity index (χ1n) is 12.1. The van der Waals surface area contributed by atoms with E-state index in [1.165, 1.54) is 11.1 Å². The Morgan fingerprint density at radius 3 is 2.39 bits per heavy atom. The fourth-order valence-corrected chi connectivity index (χ4v) is 4.89. The van der Waals surface area contributed by atoms with Gasteiger partial charge in [-0.3, -0.25) is 14.6 Å². The summed E-state index contributed by atoms with van der Waals surface area (Å²) in [5.41, 5.74) is 3.13. The minimum absolute atomic E-state index is 0.0843. The van der Waals surface area contributed by atoms with Gasteiger partial charge in [-0.1, -0.05) is 30.3 Å². The largest absolute Gasteiger partial charge is 0.497 e. The zero-order valence-corrected chi connectivity index (χ0v) is 20.8. The molecule has 1 aliphatic heterocycles. The normalized spacial score (nSPS) is 20.3. The maximum atomic E-state index is 12.8. The minimum atomic E-state index is 0.0843. The van der Waals surface area contributed by atoms with Crippen LogP contribution < -0.4 is 4.74 Å². The SMILES string of the molecule is C=CCN1C[C@@H](C)N(C(c2ccc(C(=O)N(CC)CC)cc2)c2cccc(OC)c2)C[C@H]1C. The molecule has 0 N–H and O–H groups in total. The van der Waals surface area contributed by atoms with Crippen molar-refractivity contribution < 1.29 is 9.53 Å². The van der Waals surface area contributed by atoms with Crippen LogP contribution >= 0.6 is 0 Å². The number of benzene rings is 2. The molecule has 33 heavy (non-hydrogen) atoms. The summed E-state index contributed by atoms with van der Waals surface area (Å²) in [6, 6.07) is 17.4. The summed E-state index contributed by atoms with van der Waals surface area (Å²) in [5.74, 6) is 0.946. The van der Waals surface area contributed by atoms with Crippen molar-refractivity contribution in [2.45, 2.75) is 45.8 Å². The van der Waals surface area contributed by atoms with Gasteiger partial charge in [-0.15, -0.1) is 6.58 Å². The first kappa shape index (κ1) is 25.0. The highest BCUT2D eigenvalue weighted by Crippen LogP contribution is 2.34. The highest BCUT2D eigenvalue weighted by Gasteiger charge is 2.34. The first-order valence-corrected chi connectivity index (χ1v) is 12.1. The number of ether oxygens (including phenoxy) is 1. The number of methoxy groups -OCH3 is 1. The van der Waals surface area contributed by atoms with Gasteiger partial charge in [-0.2, -0.15) is 0 Å². The molecule has 2 aromatic rings. The van der Waals surface area contributed by atoms with Crippen molar-refractivity contribution in [1.29, 1.82) is 0 Å². The maximum absolute atomic E-state index is 12.8. The van der Waals surface area contributed by atoms with E-state index in [0.29, 0.717) is 25.2 Å². The van der Waals surface area contributed by atoms with Crippen molar-refractivity contribution in [2.75, 3.05) is 39.8 Å². The van der Waals surface area contributed by atoms with Gasteiger partial charge in [0, 0.05) is 50.4 Å².